The Kier molecular flexibility index (Phi) is 5.22. The van der Waals surface area contributed by atoms with Crippen LogP contribution in [0.1, 0.15) is 52.4 Å². The van der Waals surface area contributed by atoms with Crippen molar-refractivity contribution < 1.29 is 14.6 Å². The standard InChI is InChI=1S/C25H23N3O3/c29-22-7-6-19-24(30)23(14-17-8-11-26-12-9-17)31-25(19)20(22)16-28-13-2-1-5-21(28)18-4-3-10-27-15-18/h3-4,6-12,14-15,21,29H,1-2,5,13,16H2/b23-14-/t21-/m0/s1. The molecule has 1 N–H and O–H groups in total. The molecule has 0 unspecified atom stereocenters. The molecular weight excluding hydrogens is 390 g/mol. The highest BCUT2D eigenvalue weighted by atomic mass is 16.5. The van der Waals surface area contributed by atoms with Crippen molar-refractivity contribution in [3.63, 3.8) is 0 Å². The quantitative estimate of drug-likeness (QED) is 0.634. The van der Waals surface area contributed by atoms with Gasteiger partial charge < -0.3 is 9.84 Å². The van der Waals surface area contributed by atoms with Crippen molar-refractivity contribution in [3.8, 4) is 11.5 Å². The van der Waals surface area contributed by atoms with Gasteiger partial charge in [-0.25, -0.2) is 0 Å². The number of ketones is 1. The highest BCUT2D eigenvalue weighted by molar-refractivity contribution is 6.15. The van der Waals surface area contributed by atoms with E-state index in [4.69, 9.17) is 4.74 Å². The minimum Gasteiger partial charge on any atom is -0.507 e. The lowest BCUT2D eigenvalue weighted by Crippen LogP contribution is -2.33. The number of aromatic hydroxyl groups is 1. The smallest absolute Gasteiger partial charge is 0.231 e. The molecule has 3 aromatic rings. The van der Waals surface area contributed by atoms with E-state index in [1.54, 1.807) is 36.8 Å². The third-order valence-corrected chi connectivity index (χ3v) is 5.96. The van der Waals surface area contributed by atoms with Crippen molar-refractivity contribution in [1.29, 1.82) is 0 Å². The van der Waals surface area contributed by atoms with Crippen molar-refractivity contribution in [3.05, 3.63) is 89.2 Å². The number of carbonyl (C=O) groups excluding carboxylic acids is 1. The van der Waals surface area contributed by atoms with Crippen molar-refractivity contribution in [1.82, 2.24) is 14.9 Å². The van der Waals surface area contributed by atoms with E-state index in [0.29, 0.717) is 23.4 Å². The van der Waals surface area contributed by atoms with Crippen LogP contribution in [-0.4, -0.2) is 32.3 Å². The number of phenols is 1. The van der Waals surface area contributed by atoms with Gasteiger partial charge in [0.15, 0.2) is 5.76 Å². The van der Waals surface area contributed by atoms with Crippen molar-refractivity contribution in [2.24, 2.45) is 0 Å². The molecule has 2 aromatic heterocycles. The Morgan fingerprint density at radius 3 is 2.77 bits per heavy atom. The van der Waals surface area contributed by atoms with Gasteiger partial charge in [0.25, 0.3) is 0 Å². The number of piperidine rings is 1. The van der Waals surface area contributed by atoms with Gasteiger partial charge in [-0.05, 0) is 66.9 Å². The Morgan fingerprint density at radius 2 is 1.97 bits per heavy atom. The van der Waals surface area contributed by atoms with Gasteiger partial charge in [-0.3, -0.25) is 19.7 Å². The molecule has 6 nitrogen and oxygen atoms in total. The van der Waals surface area contributed by atoms with E-state index >= 15 is 0 Å². The number of likely N-dealkylation sites (tertiary alicyclic amines) is 1. The van der Waals surface area contributed by atoms with Crippen LogP contribution in [0.25, 0.3) is 6.08 Å². The summed E-state index contributed by atoms with van der Waals surface area (Å²) in [6.07, 6.45) is 12.0. The molecule has 1 saturated heterocycles. The minimum absolute atomic E-state index is 0.146. The van der Waals surface area contributed by atoms with Crippen LogP contribution in [0.2, 0.25) is 0 Å². The molecule has 1 fully saturated rings. The lowest BCUT2D eigenvalue weighted by atomic mass is 9.95. The zero-order valence-corrected chi connectivity index (χ0v) is 17.1. The van der Waals surface area contributed by atoms with Crippen molar-refractivity contribution in [2.75, 3.05) is 6.54 Å². The third kappa shape index (κ3) is 3.82. The first-order valence-corrected chi connectivity index (χ1v) is 10.5. The number of phenolic OH excluding ortho intramolecular Hbond substituents is 1. The fraction of sp³-hybridized carbons (Fsp3) is 0.240. The molecule has 31 heavy (non-hydrogen) atoms. The Hall–Kier alpha value is -3.51. The van der Waals surface area contributed by atoms with E-state index in [0.717, 1.165) is 31.4 Å². The summed E-state index contributed by atoms with van der Waals surface area (Å²) < 4.78 is 6.01. The van der Waals surface area contributed by atoms with Crippen LogP contribution in [0.5, 0.6) is 11.5 Å². The summed E-state index contributed by atoms with van der Waals surface area (Å²) in [7, 11) is 0. The molecule has 1 aromatic carbocycles. The molecule has 5 rings (SSSR count). The van der Waals surface area contributed by atoms with Gasteiger partial charge >= 0.3 is 0 Å². The number of allylic oxidation sites excluding steroid dienone is 1. The number of ether oxygens (including phenoxy) is 1. The largest absolute Gasteiger partial charge is 0.507 e. The second kappa shape index (κ2) is 8.32. The number of aromatic nitrogens is 2. The number of rotatable bonds is 4. The summed E-state index contributed by atoms with van der Waals surface area (Å²) in [5.41, 5.74) is 3.15. The monoisotopic (exact) mass is 413 g/mol. The van der Waals surface area contributed by atoms with E-state index in [2.05, 4.69) is 20.9 Å². The van der Waals surface area contributed by atoms with Crippen LogP contribution >= 0.6 is 0 Å². The van der Waals surface area contributed by atoms with Gasteiger partial charge in [-0.15, -0.1) is 0 Å². The van der Waals surface area contributed by atoms with Gasteiger partial charge in [-0.2, -0.15) is 0 Å². The van der Waals surface area contributed by atoms with Gasteiger partial charge in [0.2, 0.25) is 5.78 Å². The molecular formula is C25H23N3O3. The molecule has 2 aliphatic rings. The summed E-state index contributed by atoms with van der Waals surface area (Å²) in [6, 6.07) is 11.1. The molecule has 6 heteroatoms. The number of nitrogens with zero attached hydrogens (tertiary/aromatic N) is 3. The molecule has 0 aliphatic carbocycles. The zero-order chi connectivity index (χ0) is 21.2. The van der Waals surface area contributed by atoms with E-state index in [1.807, 2.05) is 24.4 Å². The van der Waals surface area contributed by atoms with Crippen molar-refractivity contribution in [2.45, 2.75) is 31.8 Å². The molecule has 0 saturated carbocycles. The average molecular weight is 413 g/mol. The predicted octanol–water partition coefficient (Wildman–Crippen LogP) is 4.53. The lowest BCUT2D eigenvalue weighted by molar-refractivity contribution is 0.101. The van der Waals surface area contributed by atoms with E-state index in [9.17, 15) is 9.90 Å². The van der Waals surface area contributed by atoms with E-state index < -0.39 is 0 Å². The van der Waals surface area contributed by atoms with Crippen LogP contribution in [0, 0.1) is 0 Å². The number of Topliss-reactive ketones (excluding diaryl/α,β-unsaturated/α-hetero) is 1. The van der Waals surface area contributed by atoms with E-state index in [1.165, 1.54) is 5.56 Å². The Morgan fingerprint density at radius 1 is 1.10 bits per heavy atom. The fourth-order valence-corrected chi connectivity index (χ4v) is 4.39. The van der Waals surface area contributed by atoms with Crippen molar-refractivity contribution >= 4 is 11.9 Å². The predicted molar refractivity (Wildman–Crippen MR) is 117 cm³/mol. The minimum atomic E-state index is -0.171. The van der Waals surface area contributed by atoms with Crippen LogP contribution in [0.3, 0.4) is 0 Å². The molecule has 156 valence electrons. The van der Waals surface area contributed by atoms with Crippen LogP contribution < -0.4 is 4.74 Å². The third-order valence-electron chi connectivity index (χ3n) is 5.96. The number of benzene rings is 1. The molecule has 0 radical (unpaired) electrons. The summed E-state index contributed by atoms with van der Waals surface area (Å²) in [4.78, 5) is 23.6. The van der Waals surface area contributed by atoms with Gasteiger partial charge in [0.1, 0.15) is 11.5 Å². The molecule has 4 heterocycles. The number of hydrogen-bond donors (Lipinski definition) is 1. The molecule has 1 atom stereocenters. The molecule has 0 bridgehead atoms. The van der Waals surface area contributed by atoms with Gasteiger partial charge in [0.05, 0.1) is 11.1 Å². The molecule has 0 amide bonds. The lowest BCUT2D eigenvalue weighted by Gasteiger charge is -2.36. The average Bonchev–Trinajstić information content (AvgIpc) is 3.13. The number of pyridine rings is 2. The summed E-state index contributed by atoms with van der Waals surface area (Å²) >= 11 is 0. The highest BCUT2D eigenvalue weighted by Gasteiger charge is 2.33. The molecule has 2 aliphatic heterocycles. The summed E-state index contributed by atoms with van der Waals surface area (Å²) in [5.74, 6) is 0.694. The van der Waals surface area contributed by atoms with Gasteiger partial charge in [-0.1, -0.05) is 12.5 Å². The van der Waals surface area contributed by atoms with E-state index in [-0.39, 0.29) is 23.3 Å². The Bertz CT molecular complexity index is 1130. The van der Waals surface area contributed by atoms with Crippen LogP contribution in [-0.2, 0) is 6.54 Å². The van der Waals surface area contributed by atoms with Gasteiger partial charge in [0, 0.05) is 37.4 Å². The SMILES string of the molecule is O=C1/C(=C/c2ccncc2)Oc2c1ccc(O)c2CN1CCCC[C@H]1c1cccnc1. The first kappa shape index (κ1) is 19.5. The number of hydrogen-bond acceptors (Lipinski definition) is 6. The van der Waals surface area contributed by atoms with Crippen LogP contribution in [0.4, 0.5) is 0 Å². The molecule has 0 spiro atoms. The topological polar surface area (TPSA) is 75.6 Å². The summed E-state index contributed by atoms with van der Waals surface area (Å²) in [5, 5.41) is 10.7. The maximum absolute atomic E-state index is 12.9. The normalized spacial score (nSPS) is 19.9. The summed E-state index contributed by atoms with van der Waals surface area (Å²) in [6.45, 7) is 1.42. The first-order chi connectivity index (χ1) is 15.2. The Labute approximate surface area is 180 Å². The first-order valence-electron chi connectivity index (χ1n) is 10.5. The number of carbonyl (C=O) groups is 1. The van der Waals surface area contributed by atoms with Crippen LogP contribution in [0.15, 0.2) is 66.9 Å². The second-order valence-corrected chi connectivity index (χ2v) is 7.93. The maximum Gasteiger partial charge on any atom is 0.231 e. The maximum atomic E-state index is 12.9. The second-order valence-electron chi connectivity index (χ2n) is 7.93. The zero-order valence-electron chi connectivity index (χ0n) is 17.1. The Balaban J connectivity index is 1.47. The fourth-order valence-electron chi connectivity index (χ4n) is 4.39. The highest BCUT2D eigenvalue weighted by Crippen LogP contribution is 2.42. The number of fused-ring (bicyclic) bond motifs is 1.